The van der Waals surface area contributed by atoms with Crippen molar-refractivity contribution < 1.29 is 33.5 Å². The van der Waals surface area contributed by atoms with Gasteiger partial charge in [0.25, 0.3) is 5.91 Å². The highest BCUT2D eigenvalue weighted by molar-refractivity contribution is 5.99. The smallest absolute Gasteiger partial charge is 0.315 e. The molecular formula is C37H51N7O7. The number of nitrogens with zero attached hydrogens (tertiary/aromatic N) is 2. The van der Waals surface area contributed by atoms with E-state index in [9.17, 15) is 28.8 Å². The Morgan fingerprint density at radius 1 is 0.902 bits per heavy atom. The number of likely N-dealkylation sites (tertiary alicyclic amines) is 1. The second kappa shape index (κ2) is 18.2. The third kappa shape index (κ3) is 10.4. The van der Waals surface area contributed by atoms with Gasteiger partial charge in [0.1, 0.15) is 29.9 Å². The number of urea groups is 1. The minimum atomic E-state index is -1.05. The van der Waals surface area contributed by atoms with Gasteiger partial charge in [0.05, 0.1) is 7.11 Å². The molecule has 1 saturated heterocycles. The van der Waals surface area contributed by atoms with Crippen molar-refractivity contribution in [1.29, 1.82) is 0 Å². The molecule has 2 bridgehead atoms. The van der Waals surface area contributed by atoms with Crippen LogP contribution < -0.4 is 31.7 Å². The molecule has 0 radical (unpaired) electrons. The van der Waals surface area contributed by atoms with Crippen molar-refractivity contribution >= 4 is 35.6 Å². The Kier molecular flexibility index (Phi) is 13.8. The summed E-state index contributed by atoms with van der Waals surface area (Å²) < 4.78 is 5.25. The first-order chi connectivity index (χ1) is 24.4. The van der Waals surface area contributed by atoms with E-state index in [1.807, 2.05) is 13.8 Å². The average molecular weight is 706 g/mol. The number of amides is 7. The lowest BCUT2D eigenvalue weighted by Gasteiger charge is -2.30. The van der Waals surface area contributed by atoms with Crippen LogP contribution in [0.5, 0.6) is 5.75 Å². The van der Waals surface area contributed by atoms with Gasteiger partial charge in [0.2, 0.25) is 23.6 Å². The molecule has 3 aliphatic heterocycles. The van der Waals surface area contributed by atoms with Gasteiger partial charge >= 0.3 is 6.03 Å². The van der Waals surface area contributed by atoms with Gasteiger partial charge in [0, 0.05) is 38.2 Å². The molecule has 14 heteroatoms. The molecule has 6 N–H and O–H groups in total. The molecule has 1 fully saturated rings. The number of hydrogen-bond donors (Lipinski definition) is 5. The topological polar surface area (TPSA) is 192 Å². The maximum atomic E-state index is 13.8. The molecule has 0 aliphatic carbocycles. The molecule has 0 aromatic heterocycles. The molecule has 5 atom stereocenters. The monoisotopic (exact) mass is 705 g/mol. The normalized spacial score (nSPS) is 23.3. The largest absolute Gasteiger partial charge is 0.497 e. The number of carbonyl (C=O) groups excluding carboxylic acids is 6. The Labute approximate surface area is 299 Å². The van der Waals surface area contributed by atoms with E-state index in [0.29, 0.717) is 63.1 Å². The maximum Gasteiger partial charge on any atom is 0.315 e. The number of hydrogen-bond acceptors (Lipinski definition) is 7. The van der Waals surface area contributed by atoms with E-state index in [4.69, 9.17) is 10.5 Å². The van der Waals surface area contributed by atoms with Crippen molar-refractivity contribution in [2.24, 2.45) is 11.7 Å². The Morgan fingerprint density at radius 3 is 2.25 bits per heavy atom. The lowest BCUT2D eigenvalue weighted by Crippen LogP contribution is -2.58. The lowest BCUT2D eigenvalue weighted by molar-refractivity contribution is -0.136. The van der Waals surface area contributed by atoms with Crippen molar-refractivity contribution in [3.05, 3.63) is 65.2 Å². The minimum Gasteiger partial charge on any atom is -0.497 e. The Bertz CT molecular complexity index is 1550. The van der Waals surface area contributed by atoms with Crippen LogP contribution in [0.2, 0.25) is 0 Å². The number of methoxy groups -OCH3 is 1. The number of nitrogens with one attached hydrogen (secondary N) is 4. The zero-order valence-electron chi connectivity index (χ0n) is 29.9. The quantitative estimate of drug-likeness (QED) is 0.283. The van der Waals surface area contributed by atoms with Gasteiger partial charge in [-0.2, -0.15) is 0 Å². The van der Waals surface area contributed by atoms with Gasteiger partial charge in [-0.3, -0.25) is 24.0 Å². The molecule has 276 valence electrons. The zero-order valence-corrected chi connectivity index (χ0v) is 29.9. The Balaban J connectivity index is 1.60. The van der Waals surface area contributed by atoms with Crippen LogP contribution in [0, 0.1) is 5.92 Å². The van der Waals surface area contributed by atoms with Crippen LogP contribution in [0.15, 0.2) is 48.5 Å². The summed E-state index contributed by atoms with van der Waals surface area (Å²) in [7, 11) is 1.55. The first-order valence-corrected chi connectivity index (χ1v) is 17.7. The summed E-state index contributed by atoms with van der Waals surface area (Å²) in [5, 5.41) is 11.3. The van der Waals surface area contributed by atoms with E-state index in [-0.39, 0.29) is 24.8 Å². The molecule has 2 aromatic rings. The van der Waals surface area contributed by atoms with Crippen LogP contribution in [-0.4, -0.2) is 96.3 Å². The third-order valence-electron chi connectivity index (χ3n) is 9.64. The van der Waals surface area contributed by atoms with Gasteiger partial charge in [0.15, 0.2) is 0 Å². The molecule has 3 heterocycles. The first kappa shape index (κ1) is 38.7. The van der Waals surface area contributed by atoms with E-state index < -0.39 is 53.8 Å². The highest BCUT2D eigenvalue weighted by Gasteiger charge is 2.36. The van der Waals surface area contributed by atoms with Crippen LogP contribution >= 0.6 is 0 Å². The fourth-order valence-electron chi connectivity index (χ4n) is 6.31. The maximum absolute atomic E-state index is 13.8. The molecule has 7 amide bonds. The first-order valence-electron chi connectivity index (χ1n) is 17.7. The van der Waals surface area contributed by atoms with Crippen molar-refractivity contribution in [2.75, 3.05) is 26.7 Å². The third-order valence-corrected chi connectivity index (χ3v) is 9.64. The summed E-state index contributed by atoms with van der Waals surface area (Å²) in [4.78, 5) is 82.8. The molecular weight excluding hydrogens is 654 g/mol. The van der Waals surface area contributed by atoms with Crippen molar-refractivity contribution in [3.8, 4) is 5.75 Å². The van der Waals surface area contributed by atoms with E-state index in [1.165, 1.54) is 4.90 Å². The van der Waals surface area contributed by atoms with Crippen molar-refractivity contribution in [1.82, 2.24) is 31.1 Å². The predicted octanol–water partition coefficient (Wildman–Crippen LogP) is 1.85. The zero-order chi connectivity index (χ0) is 37.1. The van der Waals surface area contributed by atoms with Gasteiger partial charge in [-0.15, -0.1) is 0 Å². The summed E-state index contributed by atoms with van der Waals surface area (Å²) in [5.41, 5.74) is 7.42. The molecule has 14 nitrogen and oxygen atoms in total. The number of nitrogens with two attached hydrogens (primary N) is 1. The summed E-state index contributed by atoms with van der Waals surface area (Å²) >= 11 is 0. The Morgan fingerprint density at radius 2 is 1.61 bits per heavy atom. The van der Waals surface area contributed by atoms with E-state index in [1.54, 1.807) is 67.5 Å². The second-order valence-corrected chi connectivity index (χ2v) is 13.3. The number of benzene rings is 2. The van der Waals surface area contributed by atoms with Crippen molar-refractivity contribution in [3.63, 3.8) is 0 Å². The van der Waals surface area contributed by atoms with Crippen LogP contribution in [0.1, 0.15) is 74.4 Å². The highest BCUT2D eigenvalue weighted by atomic mass is 16.5. The van der Waals surface area contributed by atoms with Gasteiger partial charge in [-0.1, -0.05) is 44.5 Å². The molecule has 5 rings (SSSR count). The SMILES string of the molecule is CC[C@H](C)C1NC(=O)c2ccc(cc2)CN(C(=O)[C@@H]2CCCN2C(N)=O)CCCCNC(=O)[C@@H](C)NC(=O)[C@H](Cc2ccc(OC)cc2)NC1=O. The van der Waals surface area contributed by atoms with Crippen LogP contribution in [0.3, 0.4) is 0 Å². The average Bonchev–Trinajstić information content (AvgIpc) is 3.63. The minimum absolute atomic E-state index is 0.131. The standard InChI is InChI=1S/C37H51N7O7/c1-5-23(2)31-35(48)41-29(21-25-12-16-28(51-4)17-13-25)34(47)40-24(3)32(45)39-18-6-7-19-43(36(49)30-9-8-20-44(30)37(38)50)22-26-10-14-27(15-11-26)33(46)42-31/h10-17,23-24,29-31H,5-9,18-22H2,1-4H3,(H2,38,50)(H,39,45)(H,40,47)(H,41,48)(H,42,46)/t23-,24+,29-,30-,31?/m0/s1. The predicted molar refractivity (Wildman–Crippen MR) is 190 cm³/mol. The highest BCUT2D eigenvalue weighted by Crippen LogP contribution is 2.21. The fraction of sp³-hybridized carbons (Fsp3) is 0.514. The molecule has 3 aliphatic rings. The number of rotatable bonds is 6. The second-order valence-electron chi connectivity index (χ2n) is 13.3. The number of fused-ring (bicyclic) bond motifs is 18. The number of ether oxygens (including phenoxy) is 1. The number of primary amides is 1. The lowest BCUT2D eigenvalue weighted by atomic mass is 9.96. The van der Waals surface area contributed by atoms with Crippen LogP contribution in [0.25, 0.3) is 0 Å². The van der Waals surface area contributed by atoms with Gasteiger partial charge in [-0.25, -0.2) is 4.79 Å². The van der Waals surface area contributed by atoms with E-state index >= 15 is 0 Å². The molecule has 0 saturated carbocycles. The Hall–Kier alpha value is -5.14. The van der Waals surface area contributed by atoms with E-state index in [0.717, 1.165) is 11.1 Å². The van der Waals surface area contributed by atoms with Crippen molar-refractivity contribution in [2.45, 2.75) is 90.0 Å². The van der Waals surface area contributed by atoms with Crippen LogP contribution in [0.4, 0.5) is 4.79 Å². The number of carbonyl (C=O) groups is 6. The summed E-state index contributed by atoms with van der Waals surface area (Å²) in [6.07, 6.45) is 3.00. The molecule has 1 unspecified atom stereocenters. The summed E-state index contributed by atoms with van der Waals surface area (Å²) in [6.45, 7) is 6.65. The summed E-state index contributed by atoms with van der Waals surface area (Å²) in [5.74, 6) is -1.80. The molecule has 2 aromatic carbocycles. The fourth-order valence-corrected chi connectivity index (χ4v) is 6.31. The van der Waals surface area contributed by atoms with E-state index in [2.05, 4.69) is 21.3 Å². The molecule has 51 heavy (non-hydrogen) atoms. The van der Waals surface area contributed by atoms with Gasteiger partial charge < -0.3 is 41.5 Å². The van der Waals surface area contributed by atoms with Gasteiger partial charge in [-0.05, 0) is 73.9 Å². The summed E-state index contributed by atoms with van der Waals surface area (Å²) in [6, 6.07) is 9.69. The van der Waals surface area contributed by atoms with Crippen LogP contribution in [-0.2, 0) is 32.1 Å². The molecule has 0 spiro atoms.